The maximum Gasteiger partial charge on any atom is 0.164 e. The van der Waals surface area contributed by atoms with Crippen molar-refractivity contribution in [2.75, 3.05) is 0 Å². The third-order valence-corrected chi connectivity index (χ3v) is 5.30. The molecular weight excluding hydrogens is 240 g/mol. The van der Waals surface area contributed by atoms with E-state index < -0.39 is 11.5 Å². The first-order valence-electron chi connectivity index (χ1n) is 6.82. The molecular formula is C16H20O3. The number of hydrogen-bond donors (Lipinski definition) is 1. The number of allylic oxidation sites excluding steroid dienone is 3. The molecule has 0 aromatic heterocycles. The quantitative estimate of drug-likeness (QED) is 0.726. The van der Waals surface area contributed by atoms with E-state index in [4.69, 9.17) is 4.74 Å². The number of rotatable bonds is 0. The summed E-state index contributed by atoms with van der Waals surface area (Å²) in [6.45, 7) is 11.8. The molecule has 102 valence electrons. The Bertz CT molecular complexity index is 504. The predicted octanol–water partition coefficient (Wildman–Crippen LogP) is 2.23. The Morgan fingerprint density at radius 3 is 2.84 bits per heavy atom. The van der Waals surface area contributed by atoms with Gasteiger partial charge in [-0.3, -0.25) is 4.79 Å². The Morgan fingerprint density at radius 2 is 2.16 bits per heavy atom. The molecule has 2 fully saturated rings. The number of hydrogen-bond acceptors (Lipinski definition) is 3. The summed E-state index contributed by atoms with van der Waals surface area (Å²) in [6, 6.07) is 0. The van der Waals surface area contributed by atoms with Crippen LogP contribution in [-0.2, 0) is 9.53 Å². The summed E-state index contributed by atoms with van der Waals surface area (Å²) in [5.41, 5.74) is -0.0123. The standard InChI is InChI=1S/C16H20O3/c1-8-7-12-14(9(2)10(3)19-12)15(18)16(4)11(8)5-6-13(16)17/h5-6,8,11-12,14-15,18H,2-3,7H2,1,4H3/t8-,11+,12-,14-,15+,16+/m1/s1. The van der Waals surface area contributed by atoms with Crippen LogP contribution in [0.4, 0.5) is 0 Å². The highest BCUT2D eigenvalue weighted by atomic mass is 16.5. The topological polar surface area (TPSA) is 46.5 Å². The lowest BCUT2D eigenvalue weighted by Gasteiger charge is -2.37. The molecule has 2 aliphatic carbocycles. The average molecular weight is 260 g/mol. The number of carbonyl (C=O) groups is 1. The number of ketones is 1. The number of fused-ring (bicyclic) bond motifs is 2. The van der Waals surface area contributed by atoms with Crippen molar-refractivity contribution in [1.29, 1.82) is 0 Å². The summed E-state index contributed by atoms with van der Waals surface area (Å²) in [4.78, 5) is 12.3. The van der Waals surface area contributed by atoms with E-state index >= 15 is 0 Å². The number of aliphatic hydroxyl groups excluding tert-OH is 1. The summed E-state index contributed by atoms with van der Waals surface area (Å²) in [5.74, 6) is 0.722. The van der Waals surface area contributed by atoms with E-state index in [0.717, 1.165) is 12.0 Å². The fraction of sp³-hybridized carbons (Fsp3) is 0.562. The van der Waals surface area contributed by atoms with Gasteiger partial charge in [-0.1, -0.05) is 26.2 Å². The van der Waals surface area contributed by atoms with Crippen LogP contribution in [0.25, 0.3) is 0 Å². The van der Waals surface area contributed by atoms with Crippen LogP contribution in [0, 0.1) is 23.2 Å². The monoisotopic (exact) mass is 260 g/mol. The summed E-state index contributed by atoms with van der Waals surface area (Å²) >= 11 is 0. The van der Waals surface area contributed by atoms with Crippen LogP contribution in [0.15, 0.2) is 36.6 Å². The molecule has 0 aromatic rings. The Labute approximate surface area is 113 Å². The summed E-state index contributed by atoms with van der Waals surface area (Å²) in [6.07, 6.45) is 3.53. The Kier molecular flexibility index (Phi) is 2.55. The first kappa shape index (κ1) is 12.7. The van der Waals surface area contributed by atoms with Crippen LogP contribution in [0.1, 0.15) is 20.3 Å². The lowest BCUT2D eigenvalue weighted by atomic mass is 9.67. The highest BCUT2D eigenvalue weighted by Crippen LogP contribution is 2.54. The summed E-state index contributed by atoms with van der Waals surface area (Å²) < 4.78 is 5.75. The van der Waals surface area contributed by atoms with E-state index in [-0.39, 0.29) is 29.6 Å². The molecule has 0 spiro atoms. The molecule has 1 saturated carbocycles. The second-order valence-corrected chi connectivity index (χ2v) is 6.32. The maximum atomic E-state index is 12.3. The van der Waals surface area contributed by atoms with Crippen LogP contribution >= 0.6 is 0 Å². The third-order valence-electron chi connectivity index (χ3n) is 5.30. The van der Waals surface area contributed by atoms with Crippen molar-refractivity contribution in [1.82, 2.24) is 0 Å². The van der Waals surface area contributed by atoms with Gasteiger partial charge in [-0.25, -0.2) is 0 Å². The molecule has 1 aliphatic heterocycles. The normalized spacial score (nSPS) is 48.8. The first-order valence-corrected chi connectivity index (χ1v) is 6.82. The minimum Gasteiger partial charge on any atom is -0.490 e. The van der Waals surface area contributed by atoms with Gasteiger partial charge in [0, 0.05) is 0 Å². The molecule has 3 nitrogen and oxygen atoms in total. The molecule has 1 N–H and O–H groups in total. The zero-order valence-electron chi connectivity index (χ0n) is 11.4. The van der Waals surface area contributed by atoms with Crippen LogP contribution in [-0.4, -0.2) is 23.1 Å². The van der Waals surface area contributed by atoms with Crippen molar-refractivity contribution in [2.24, 2.45) is 23.2 Å². The van der Waals surface area contributed by atoms with Crippen molar-refractivity contribution < 1.29 is 14.6 Å². The molecule has 0 bridgehead atoms. The van der Waals surface area contributed by atoms with Gasteiger partial charge >= 0.3 is 0 Å². The van der Waals surface area contributed by atoms with Gasteiger partial charge in [0.05, 0.1) is 17.4 Å². The van der Waals surface area contributed by atoms with E-state index in [9.17, 15) is 9.90 Å². The van der Waals surface area contributed by atoms with E-state index in [1.54, 1.807) is 6.08 Å². The van der Waals surface area contributed by atoms with E-state index in [0.29, 0.717) is 5.76 Å². The molecule has 0 amide bonds. The Hall–Kier alpha value is -1.35. The number of aliphatic hydroxyl groups is 1. The number of carbonyl (C=O) groups excluding carboxylic acids is 1. The maximum absolute atomic E-state index is 12.3. The van der Waals surface area contributed by atoms with Crippen molar-refractivity contribution in [3.63, 3.8) is 0 Å². The van der Waals surface area contributed by atoms with Gasteiger partial charge in [0.2, 0.25) is 0 Å². The minimum atomic E-state index is -0.762. The molecule has 1 saturated heterocycles. The van der Waals surface area contributed by atoms with Gasteiger partial charge in [0.15, 0.2) is 5.78 Å². The third kappa shape index (κ3) is 1.45. The molecule has 0 aromatic carbocycles. The second kappa shape index (κ2) is 3.83. The molecule has 3 heteroatoms. The Morgan fingerprint density at radius 1 is 1.47 bits per heavy atom. The van der Waals surface area contributed by atoms with Gasteiger partial charge in [0.25, 0.3) is 0 Å². The van der Waals surface area contributed by atoms with Crippen LogP contribution in [0.5, 0.6) is 0 Å². The van der Waals surface area contributed by atoms with Gasteiger partial charge in [-0.15, -0.1) is 0 Å². The summed E-state index contributed by atoms with van der Waals surface area (Å²) in [5, 5.41) is 10.8. The highest BCUT2D eigenvalue weighted by molar-refractivity contribution is 5.98. The molecule has 0 unspecified atom stereocenters. The van der Waals surface area contributed by atoms with E-state index in [1.165, 1.54) is 0 Å². The van der Waals surface area contributed by atoms with Crippen molar-refractivity contribution in [3.05, 3.63) is 36.6 Å². The van der Waals surface area contributed by atoms with Gasteiger partial charge in [-0.05, 0) is 36.8 Å². The lowest BCUT2D eigenvalue weighted by molar-refractivity contribution is -0.133. The van der Waals surface area contributed by atoms with E-state index in [1.807, 2.05) is 13.0 Å². The fourth-order valence-corrected chi connectivity index (χ4v) is 4.08. The van der Waals surface area contributed by atoms with Crippen molar-refractivity contribution >= 4 is 5.78 Å². The molecule has 6 atom stereocenters. The van der Waals surface area contributed by atoms with Gasteiger partial charge in [0.1, 0.15) is 11.9 Å². The molecule has 3 rings (SSSR count). The van der Waals surface area contributed by atoms with Crippen molar-refractivity contribution in [2.45, 2.75) is 32.5 Å². The van der Waals surface area contributed by atoms with E-state index in [2.05, 4.69) is 20.1 Å². The first-order chi connectivity index (χ1) is 8.87. The highest BCUT2D eigenvalue weighted by Gasteiger charge is 2.58. The molecule has 19 heavy (non-hydrogen) atoms. The van der Waals surface area contributed by atoms with Gasteiger partial charge < -0.3 is 9.84 Å². The van der Waals surface area contributed by atoms with Crippen LogP contribution < -0.4 is 0 Å². The van der Waals surface area contributed by atoms with Crippen LogP contribution in [0.3, 0.4) is 0 Å². The minimum absolute atomic E-state index is 0.0165. The smallest absolute Gasteiger partial charge is 0.164 e. The SMILES string of the molecule is C=C1O[C@@H]2C[C@@H](C)[C@@H]3C=CC(=O)[C@@]3(C)[C@@H](O)[C@@H]2C1=C. The molecule has 3 aliphatic rings. The average Bonchev–Trinajstić information content (AvgIpc) is 2.77. The van der Waals surface area contributed by atoms with Crippen molar-refractivity contribution in [3.8, 4) is 0 Å². The fourth-order valence-electron chi connectivity index (χ4n) is 4.08. The van der Waals surface area contributed by atoms with Crippen LogP contribution in [0.2, 0.25) is 0 Å². The largest absolute Gasteiger partial charge is 0.490 e. The zero-order valence-corrected chi connectivity index (χ0v) is 11.4. The Balaban J connectivity index is 2.08. The zero-order chi connectivity index (χ0) is 13.9. The van der Waals surface area contributed by atoms with Gasteiger partial charge in [-0.2, -0.15) is 0 Å². The predicted molar refractivity (Wildman–Crippen MR) is 72.2 cm³/mol. The second-order valence-electron chi connectivity index (χ2n) is 6.32. The summed E-state index contributed by atoms with van der Waals surface area (Å²) in [7, 11) is 0. The number of ether oxygens (including phenoxy) is 1. The molecule has 1 heterocycles. The molecule has 0 radical (unpaired) electrons. The lowest BCUT2D eigenvalue weighted by Crippen LogP contribution is -2.46.